The van der Waals surface area contributed by atoms with Crippen LogP contribution in [0, 0.1) is 18.7 Å². The zero-order valence-electron chi connectivity index (χ0n) is 26.5. The van der Waals surface area contributed by atoms with Crippen LogP contribution in [0.4, 0.5) is 4.39 Å². The van der Waals surface area contributed by atoms with Gasteiger partial charge in [-0.2, -0.15) is 0 Å². The van der Waals surface area contributed by atoms with E-state index in [-0.39, 0.29) is 23.1 Å². The van der Waals surface area contributed by atoms with E-state index < -0.39 is 17.9 Å². The maximum atomic E-state index is 14.5. The van der Waals surface area contributed by atoms with Crippen molar-refractivity contribution in [1.29, 1.82) is 0 Å². The summed E-state index contributed by atoms with van der Waals surface area (Å²) in [7, 11) is 0. The Kier molecular flexibility index (Phi) is 8.87. The molecule has 1 saturated carbocycles. The Balaban J connectivity index is 1.43. The molecule has 7 heteroatoms. The molecular weight excluding hydrogens is 555 g/mol. The molecule has 0 spiro atoms. The molecule has 1 amide bonds. The molecule has 0 radical (unpaired) electrons. The molecule has 0 unspecified atom stereocenters. The lowest BCUT2D eigenvalue weighted by Crippen LogP contribution is -2.26. The molecule has 4 aromatic rings. The van der Waals surface area contributed by atoms with E-state index in [1.807, 2.05) is 25.1 Å². The summed E-state index contributed by atoms with van der Waals surface area (Å²) < 4.78 is 22.2. The van der Waals surface area contributed by atoms with Gasteiger partial charge in [0.15, 0.2) is 17.7 Å². The third kappa shape index (κ3) is 6.67. The fourth-order valence-electron chi connectivity index (χ4n) is 5.91. The molecule has 2 N–H and O–H groups in total. The van der Waals surface area contributed by atoms with Crippen molar-refractivity contribution in [3.8, 4) is 5.75 Å². The van der Waals surface area contributed by atoms with Gasteiger partial charge in [0, 0.05) is 28.7 Å². The minimum absolute atomic E-state index is 0.0670. The standard InChI is InChI=1S/C37H43FN2O4/c1-22(27-11-14-29(15-12-27)37(4,5)6)39-35(41)28-13-16-30-31(23(2)40(33(30)20-28)21-25-8-7-9-25)18-26-10-17-32(38)34(19-26)44-24(3)36(42)43/h10-17,19-20,22,24-25H,7-9,18,21H2,1-6H3,(H,39,41)(H,42,43)/t22-,24+/m0/s1. The number of nitrogens with one attached hydrogen (secondary N) is 1. The van der Waals surface area contributed by atoms with E-state index in [9.17, 15) is 19.1 Å². The topological polar surface area (TPSA) is 80.6 Å². The van der Waals surface area contributed by atoms with E-state index in [0.29, 0.717) is 17.9 Å². The summed E-state index contributed by atoms with van der Waals surface area (Å²) in [6.07, 6.45) is 2.98. The maximum absolute atomic E-state index is 14.5. The molecule has 0 bridgehead atoms. The van der Waals surface area contributed by atoms with Gasteiger partial charge in [-0.25, -0.2) is 9.18 Å². The molecule has 0 saturated heterocycles. The number of halogens is 1. The number of hydrogen-bond acceptors (Lipinski definition) is 3. The minimum atomic E-state index is -1.17. The second-order valence-electron chi connectivity index (χ2n) is 13.3. The van der Waals surface area contributed by atoms with Crippen LogP contribution in [0.25, 0.3) is 10.9 Å². The van der Waals surface area contributed by atoms with Gasteiger partial charge in [0.05, 0.1) is 6.04 Å². The maximum Gasteiger partial charge on any atom is 0.344 e. The van der Waals surface area contributed by atoms with E-state index in [1.165, 1.54) is 37.8 Å². The van der Waals surface area contributed by atoms with Gasteiger partial charge in [0.1, 0.15) is 0 Å². The number of ether oxygens (including phenoxy) is 1. The molecule has 1 heterocycles. The van der Waals surface area contributed by atoms with Crippen molar-refractivity contribution in [3.63, 3.8) is 0 Å². The number of carbonyl (C=O) groups excluding carboxylic acids is 1. The van der Waals surface area contributed by atoms with Crippen LogP contribution in [-0.2, 0) is 23.2 Å². The first-order valence-electron chi connectivity index (χ1n) is 15.5. The highest BCUT2D eigenvalue weighted by Gasteiger charge is 2.24. The summed E-state index contributed by atoms with van der Waals surface area (Å²) in [4.78, 5) is 24.8. The van der Waals surface area contributed by atoms with Crippen molar-refractivity contribution < 1.29 is 23.8 Å². The molecule has 1 fully saturated rings. The Morgan fingerprint density at radius 1 is 1.05 bits per heavy atom. The number of nitrogens with zero attached hydrogens (tertiary/aromatic N) is 1. The Hall–Kier alpha value is -4.13. The number of hydrogen-bond donors (Lipinski definition) is 2. The smallest absolute Gasteiger partial charge is 0.344 e. The summed E-state index contributed by atoms with van der Waals surface area (Å²) in [5, 5.41) is 13.4. The molecule has 1 aliphatic carbocycles. The van der Waals surface area contributed by atoms with Crippen molar-refractivity contribution in [2.75, 3.05) is 0 Å². The summed E-state index contributed by atoms with van der Waals surface area (Å²) in [6, 6.07) is 18.8. The van der Waals surface area contributed by atoms with Gasteiger partial charge in [-0.1, -0.05) is 63.6 Å². The van der Waals surface area contributed by atoms with Gasteiger partial charge in [-0.05, 0) is 97.9 Å². The monoisotopic (exact) mass is 598 g/mol. The average Bonchev–Trinajstić information content (AvgIpc) is 3.21. The van der Waals surface area contributed by atoms with Gasteiger partial charge in [0.25, 0.3) is 5.91 Å². The zero-order valence-corrected chi connectivity index (χ0v) is 26.5. The molecule has 232 valence electrons. The van der Waals surface area contributed by atoms with E-state index in [2.05, 4.69) is 61.8 Å². The number of fused-ring (bicyclic) bond motifs is 1. The fraction of sp³-hybridized carbons (Fsp3) is 0.405. The summed E-state index contributed by atoms with van der Waals surface area (Å²) in [5.74, 6) is -1.34. The Morgan fingerprint density at radius 2 is 1.75 bits per heavy atom. The zero-order chi connectivity index (χ0) is 31.8. The predicted molar refractivity (Wildman–Crippen MR) is 172 cm³/mol. The van der Waals surface area contributed by atoms with Gasteiger partial charge < -0.3 is 19.7 Å². The van der Waals surface area contributed by atoms with Crippen LogP contribution in [0.2, 0.25) is 0 Å². The average molecular weight is 599 g/mol. The van der Waals surface area contributed by atoms with E-state index >= 15 is 0 Å². The number of amides is 1. The fourth-order valence-corrected chi connectivity index (χ4v) is 5.91. The highest BCUT2D eigenvalue weighted by Crippen LogP contribution is 2.35. The number of aromatic nitrogens is 1. The molecule has 3 aromatic carbocycles. The second kappa shape index (κ2) is 12.5. The first kappa shape index (κ1) is 31.3. The molecule has 1 aliphatic rings. The first-order chi connectivity index (χ1) is 20.8. The van der Waals surface area contributed by atoms with Crippen LogP contribution < -0.4 is 10.1 Å². The van der Waals surface area contributed by atoms with E-state index in [1.54, 1.807) is 12.1 Å². The molecule has 0 aliphatic heterocycles. The summed E-state index contributed by atoms with van der Waals surface area (Å²) >= 11 is 0. The largest absolute Gasteiger partial charge is 0.479 e. The third-order valence-corrected chi connectivity index (χ3v) is 9.04. The van der Waals surface area contributed by atoms with Crippen molar-refractivity contribution in [2.45, 2.75) is 91.3 Å². The molecule has 1 aromatic heterocycles. The van der Waals surface area contributed by atoms with Crippen molar-refractivity contribution >= 4 is 22.8 Å². The quantitative estimate of drug-likeness (QED) is 0.193. The number of rotatable bonds is 10. The molecule has 5 rings (SSSR count). The lowest BCUT2D eigenvalue weighted by atomic mass is 9.85. The van der Waals surface area contributed by atoms with E-state index in [4.69, 9.17) is 4.74 Å². The highest BCUT2D eigenvalue weighted by molar-refractivity contribution is 5.99. The van der Waals surface area contributed by atoms with Crippen LogP contribution in [0.15, 0.2) is 60.7 Å². The Morgan fingerprint density at radius 3 is 2.36 bits per heavy atom. The number of carbonyl (C=O) groups is 2. The lowest BCUT2D eigenvalue weighted by molar-refractivity contribution is -0.144. The van der Waals surface area contributed by atoms with Crippen LogP contribution in [0.3, 0.4) is 0 Å². The van der Waals surface area contributed by atoms with Crippen LogP contribution in [0.5, 0.6) is 5.75 Å². The lowest BCUT2D eigenvalue weighted by Gasteiger charge is -2.27. The van der Waals surface area contributed by atoms with Gasteiger partial charge >= 0.3 is 5.97 Å². The minimum Gasteiger partial charge on any atom is -0.479 e. The van der Waals surface area contributed by atoms with Gasteiger partial charge in [-0.3, -0.25) is 4.79 Å². The SMILES string of the molecule is Cc1c(Cc2ccc(F)c(O[C@H](C)C(=O)O)c2)c2ccc(C(=O)N[C@@H](C)c3ccc(C(C)(C)C)cc3)cc2n1CC1CCC1. The van der Waals surface area contributed by atoms with Crippen LogP contribution in [-0.4, -0.2) is 27.7 Å². The molecule has 2 atom stereocenters. The number of benzene rings is 3. The molecule has 44 heavy (non-hydrogen) atoms. The molecule has 6 nitrogen and oxygen atoms in total. The predicted octanol–water partition coefficient (Wildman–Crippen LogP) is 8.12. The second-order valence-corrected chi connectivity index (χ2v) is 13.3. The van der Waals surface area contributed by atoms with Gasteiger partial charge in [0.2, 0.25) is 0 Å². The van der Waals surface area contributed by atoms with Crippen molar-refractivity contribution in [2.24, 2.45) is 5.92 Å². The third-order valence-electron chi connectivity index (χ3n) is 9.04. The van der Waals surface area contributed by atoms with Crippen LogP contribution >= 0.6 is 0 Å². The summed E-state index contributed by atoms with van der Waals surface area (Å²) in [5.41, 5.74) is 7.02. The number of carboxylic acids is 1. The number of aliphatic carboxylic acids is 1. The highest BCUT2D eigenvalue weighted by atomic mass is 19.1. The number of carboxylic acid groups (broad SMARTS) is 1. The van der Waals surface area contributed by atoms with E-state index in [0.717, 1.165) is 39.8 Å². The first-order valence-corrected chi connectivity index (χ1v) is 15.5. The van der Waals surface area contributed by atoms with Crippen molar-refractivity contribution in [3.05, 3.63) is 100.0 Å². The summed E-state index contributed by atoms with van der Waals surface area (Å²) in [6.45, 7) is 12.9. The van der Waals surface area contributed by atoms with Gasteiger partial charge in [-0.15, -0.1) is 0 Å². The Labute approximate surface area is 259 Å². The Bertz CT molecular complexity index is 1680. The van der Waals surface area contributed by atoms with Crippen molar-refractivity contribution in [1.82, 2.24) is 9.88 Å². The molecular formula is C37H43FN2O4. The van der Waals surface area contributed by atoms with Crippen LogP contribution in [0.1, 0.15) is 98.2 Å². The normalized spacial score (nSPS) is 15.1.